The molecule has 0 aliphatic carbocycles. The van der Waals surface area contributed by atoms with Crippen LogP contribution in [0.4, 0.5) is 0 Å². The number of hydrogen-bond acceptors (Lipinski definition) is 1. The van der Waals surface area contributed by atoms with Crippen LogP contribution in [0.25, 0.3) is 0 Å². The van der Waals surface area contributed by atoms with Crippen molar-refractivity contribution in [3.05, 3.63) is 29.3 Å². The molecule has 1 aromatic rings. The average molecular weight is 185 g/mol. The van der Waals surface area contributed by atoms with Crippen LogP contribution < -0.4 is 4.74 Å². The van der Waals surface area contributed by atoms with E-state index in [1.807, 2.05) is 12.1 Å². The largest absolute Gasteiger partial charge is 0.496 e. The van der Waals surface area contributed by atoms with Gasteiger partial charge in [-0.05, 0) is 23.6 Å². The van der Waals surface area contributed by atoms with Gasteiger partial charge in [0.25, 0.3) is 0 Å². The summed E-state index contributed by atoms with van der Waals surface area (Å²) in [4.78, 5) is 0. The molecule has 0 unspecified atom stereocenters. The molecular weight excluding hydrogens is 172 g/mol. The Bertz CT molecular complexity index is 258. The average Bonchev–Trinajstić information content (AvgIpc) is 2.16. The molecule has 0 saturated heterocycles. The molecule has 66 valence electrons. The van der Waals surface area contributed by atoms with Gasteiger partial charge in [-0.2, -0.15) is 0 Å². The first-order chi connectivity index (χ1) is 5.81. The van der Waals surface area contributed by atoms with Gasteiger partial charge in [0.2, 0.25) is 0 Å². The Hall–Kier alpha value is -0.690. The second-order valence-corrected chi connectivity index (χ2v) is 2.90. The predicted molar refractivity (Wildman–Crippen MR) is 51.9 cm³/mol. The number of hydrogen-bond donors (Lipinski definition) is 0. The number of alkyl halides is 1. The first-order valence-electron chi connectivity index (χ1n) is 4.03. The van der Waals surface area contributed by atoms with Crippen molar-refractivity contribution in [3.8, 4) is 5.75 Å². The van der Waals surface area contributed by atoms with Crippen molar-refractivity contribution in [2.75, 3.05) is 7.11 Å². The summed E-state index contributed by atoms with van der Waals surface area (Å²) in [5.74, 6) is 1.52. The van der Waals surface area contributed by atoms with E-state index in [-0.39, 0.29) is 0 Å². The molecule has 0 aromatic heterocycles. The fourth-order valence-electron chi connectivity index (χ4n) is 1.19. The van der Waals surface area contributed by atoms with Crippen LogP contribution in [0.3, 0.4) is 0 Å². The maximum Gasteiger partial charge on any atom is 0.122 e. The van der Waals surface area contributed by atoms with E-state index in [1.54, 1.807) is 7.11 Å². The zero-order chi connectivity index (χ0) is 8.97. The lowest BCUT2D eigenvalue weighted by Crippen LogP contribution is -1.91. The number of aryl methyl sites for hydroxylation is 1. The lowest BCUT2D eigenvalue weighted by atomic mass is 10.1. The van der Waals surface area contributed by atoms with Gasteiger partial charge in [0.15, 0.2) is 0 Å². The SMILES string of the molecule is CCc1cc(CCl)ccc1OC. The van der Waals surface area contributed by atoms with E-state index in [0.717, 1.165) is 17.7 Å². The van der Waals surface area contributed by atoms with Crippen LogP contribution in [0.2, 0.25) is 0 Å². The lowest BCUT2D eigenvalue weighted by Gasteiger charge is -2.07. The Morgan fingerprint density at radius 2 is 2.17 bits per heavy atom. The Kier molecular flexibility index (Phi) is 3.42. The summed E-state index contributed by atoms with van der Waals surface area (Å²) in [6, 6.07) is 6.05. The molecule has 0 spiro atoms. The molecule has 1 aromatic carbocycles. The second kappa shape index (κ2) is 4.36. The zero-order valence-electron chi connectivity index (χ0n) is 7.43. The molecule has 0 heterocycles. The molecule has 0 aliphatic heterocycles. The van der Waals surface area contributed by atoms with Gasteiger partial charge in [-0.25, -0.2) is 0 Å². The molecule has 0 saturated carbocycles. The Balaban J connectivity index is 3.02. The molecule has 2 heteroatoms. The molecule has 0 fully saturated rings. The van der Waals surface area contributed by atoms with Crippen molar-refractivity contribution >= 4 is 11.6 Å². The van der Waals surface area contributed by atoms with Gasteiger partial charge in [0, 0.05) is 5.88 Å². The third kappa shape index (κ3) is 1.92. The van der Waals surface area contributed by atoms with Crippen LogP contribution in [-0.4, -0.2) is 7.11 Å². The predicted octanol–water partition coefficient (Wildman–Crippen LogP) is 3.00. The van der Waals surface area contributed by atoms with Gasteiger partial charge < -0.3 is 4.74 Å². The van der Waals surface area contributed by atoms with E-state index in [1.165, 1.54) is 5.56 Å². The van der Waals surface area contributed by atoms with Gasteiger partial charge in [-0.1, -0.05) is 19.1 Å². The van der Waals surface area contributed by atoms with Gasteiger partial charge in [0.1, 0.15) is 5.75 Å². The smallest absolute Gasteiger partial charge is 0.122 e. The molecule has 0 N–H and O–H groups in total. The maximum atomic E-state index is 5.71. The zero-order valence-corrected chi connectivity index (χ0v) is 8.19. The first kappa shape index (κ1) is 9.40. The molecule has 12 heavy (non-hydrogen) atoms. The molecule has 0 radical (unpaired) electrons. The third-order valence-electron chi connectivity index (χ3n) is 1.88. The van der Waals surface area contributed by atoms with E-state index < -0.39 is 0 Å². The molecular formula is C10H13ClO. The standard InChI is InChI=1S/C10H13ClO/c1-3-9-6-8(7-11)4-5-10(9)12-2/h4-6H,3,7H2,1-2H3. The van der Waals surface area contributed by atoms with Crippen molar-refractivity contribution < 1.29 is 4.74 Å². The quantitative estimate of drug-likeness (QED) is 0.657. The summed E-state index contributed by atoms with van der Waals surface area (Å²) in [6.45, 7) is 2.11. The number of ether oxygens (including phenoxy) is 1. The minimum Gasteiger partial charge on any atom is -0.496 e. The van der Waals surface area contributed by atoms with Crippen LogP contribution in [0.15, 0.2) is 18.2 Å². The second-order valence-electron chi connectivity index (χ2n) is 2.63. The van der Waals surface area contributed by atoms with Crippen LogP contribution in [0.1, 0.15) is 18.1 Å². The third-order valence-corrected chi connectivity index (χ3v) is 2.19. The molecule has 0 aliphatic rings. The minimum atomic E-state index is 0.566. The molecule has 0 bridgehead atoms. The number of rotatable bonds is 3. The van der Waals surface area contributed by atoms with Crippen LogP contribution >= 0.6 is 11.6 Å². The van der Waals surface area contributed by atoms with Crippen LogP contribution in [0, 0.1) is 0 Å². The monoisotopic (exact) mass is 184 g/mol. The summed E-state index contributed by atoms with van der Waals surface area (Å²) in [5.41, 5.74) is 2.37. The summed E-state index contributed by atoms with van der Waals surface area (Å²) < 4.78 is 5.19. The number of halogens is 1. The fraction of sp³-hybridized carbons (Fsp3) is 0.400. The van der Waals surface area contributed by atoms with Crippen LogP contribution in [0.5, 0.6) is 5.75 Å². The van der Waals surface area contributed by atoms with E-state index >= 15 is 0 Å². The summed E-state index contributed by atoms with van der Waals surface area (Å²) in [5, 5.41) is 0. The fourth-order valence-corrected chi connectivity index (χ4v) is 1.36. The highest BCUT2D eigenvalue weighted by Gasteiger charge is 2.00. The van der Waals surface area contributed by atoms with Crippen molar-refractivity contribution in [1.82, 2.24) is 0 Å². The van der Waals surface area contributed by atoms with E-state index in [4.69, 9.17) is 16.3 Å². The summed E-state index contributed by atoms with van der Waals surface area (Å²) in [6.07, 6.45) is 0.980. The van der Waals surface area contributed by atoms with Gasteiger partial charge in [-0.3, -0.25) is 0 Å². The summed E-state index contributed by atoms with van der Waals surface area (Å²) >= 11 is 5.71. The van der Waals surface area contributed by atoms with E-state index in [9.17, 15) is 0 Å². The summed E-state index contributed by atoms with van der Waals surface area (Å²) in [7, 11) is 1.69. The number of benzene rings is 1. The van der Waals surface area contributed by atoms with Crippen molar-refractivity contribution in [3.63, 3.8) is 0 Å². The first-order valence-corrected chi connectivity index (χ1v) is 4.57. The highest BCUT2D eigenvalue weighted by molar-refractivity contribution is 6.17. The van der Waals surface area contributed by atoms with Gasteiger partial charge >= 0.3 is 0 Å². The van der Waals surface area contributed by atoms with Crippen molar-refractivity contribution in [1.29, 1.82) is 0 Å². The molecule has 0 atom stereocenters. The van der Waals surface area contributed by atoms with E-state index in [2.05, 4.69) is 13.0 Å². The number of methoxy groups -OCH3 is 1. The lowest BCUT2D eigenvalue weighted by molar-refractivity contribution is 0.410. The molecule has 1 nitrogen and oxygen atoms in total. The van der Waals surface area contributed by atoms with Gasteiger partial charge in [0.05, 0.1) is 7.11 Å². The Labute approximate surface area is 78.3 Å². The Morgan fingerprint density at radius 1 is 1.42 bits per heavy atom. The highest BCUT2D eigenvalue weighted by Crippen LogP contribution is 2.20. The molecule has 1 rings (SSSR count). The van der Waals surface area contributed by atoms with E-state index in [0.29, 0.717) is 5.88 Å². The topological polar surface area (TPSA) is 9.23 Å². The van der Waals surface area contributed by atoms with Crippen molar-refractivity contribution in [2.45, 2.75) is 19.2 Å². The Morgan fingerprint density at radius 3 is 2.67 bits per heavy atom. The van der Waals surface area contributed by atoms with Crippen molar-refractivity contribution in [2.24, 2.45) is 0 Å². The molecule has 0 amide bonds. The van der Waals surface area contributed by atoms with Gasteiger partial charge in [-0.15, -0.1) is 11.6 Å². The highest BCUT2D eigenvalue weighted by atomic mass is 35.5. The normalized spacial score (nSPS) is 9.92. The minimum absolute atomic E-state index is 0.566. The maximum absolute atomic E-state index is 5.71. The van der Waals surface area contributed by atoms with Crippen LogP contribution in [-0.2, 0) is 12.3 Å².